The zero-order valence-corrected chi connectivity index (χ0v) is 13.6. The molecule has 7 heteroatoms. The lowest BCUT2D eigenvalue weighted by molar-refractivity contribution is -0.121. The Labute approximate surface area is 143 Å². The van der Waals surface area contributed by atoms with Crippen molar-refractivity contribution in [1.29, 1.82) is 0 Å². The molecule has 1 saturated heterocycles. The topological polar surface area (TPSA) is 62.6 Å². The van der Waals surface area contributed by atoms with Crippen LogP contribution in [0.15, 0.2) is 41.0 Å². The van der Waals surface area contributed by atoms with Crippen LogP contribution in [0.2, 0.25) is 5.02 Å². The maximum atomic E-state index is 13.8. The molecular formula is C17H16ClFN2O3. The van der Waals surface area contributed by atoms with Gasteiger partial charge in [0.05, 0.1) is 17.0 Å². The molecule has 0 saturated carbocycles. The first-order valence-electron chi connectivity index (χ1n) is 7.64. The molecule has 1 aliphatic heterocycles. The average Bonchev–Trinajstić information content (AvgIpc) is 3.13. The van der Waals surface area contributed by atoms with Gasteiger partial charge in [0.25, 0.3) is 5.91 Å². The van der Waals surface area contributed by atoms with E-state index in [9.17, 15) is 14.0 Å². The fraction of sp³-hybridized carbons (Fsp3) is 0.294. The minimum Gasteiger partial charge on any atom is -0.459 e. The van der Waals surface area contributed by atoms with Crippen molar-refractivity contribution in [2.75, 3.05) is 18.4 Å². The largest absolute Gasteiger partial charge is 0.459 e. The van der Waals surface area contributed by atoms with Crippen molar-refractivity contribution in [3.63, 3.8) is 0 Å². The van der Waals surface area contributed by atoms with Crippen LogP contribution in [0.5, 0.6) is 0 Å². The number of carbonyl (C=O) groups is 2. The third-order valence-corrected chi connectivity index (χ3v) is 4.39. The second-order valence-corrected chi connectivity index (χ2v) is 6.04. The van der Waals surface area contributed by atoms with Gasteiger partial charge in [-0.15, -0.1) is 0 Å². The summed E-state index contributed by atoms with van der Waals surface area (Å²) in [4.78, 5) is 26.1. The number of furan rings is 1. The molecule has 2 heterocycles. The maximum absolute atomic E-state index is 13.8. The summed E-state index contributed by atoms with van der Waals surface area (Å²) in [6, 6.07) is 7.74. The molecule has 5 nitrogen and oxygen atoms in total. The fourth-order valence-electron chi connectivity index (χ4n) is 2.74. The Morgan fingerprint density at radius 2 is 1.96 bits per heavy atom. The first-order valence-corrected chi connectivity index (χ1v) is 8.01. The minimum atomic E-state index is -0.641. The summed E-state index contributed by atoms with van der Waals surface area (Å²) >= 11 is 5.71. The number of piperidine rings is 1. The third-order valence-electron chi connectivity index (χ3n) is 4.09. The van der Waals surface area contributed by atoms with Crippen LogP contribution in [0.4, 0.5) is 10.1 Å². The van der Waals surface area contributed by atoms with E-state index < -0.39 is 5.82 Å². The van der Waals surface area contributed by atoms with Crippen LogP contribution in [-0.2, 0) is 4.79 Å². The molecule has 3 rings (SSSR count). The quantitative estimate of drug-likeness (QED) is 0.920. The predicted molar refractivity (Wildman–Crippen MR) is 87.4 cm³/mol. The van der Waals surface area contributed by atoms with Gasteiger partial charge >= 0.3 is 0 Å². The molecular weight excluding hydrogens is 335 g/mol. The highest BCUT2D eigenvalue weighted by molar-refractivity contribution is 6.31. The van der Waals surface area contributed by atoms with E-state index in [2.05, 4.69) is 5.32 Å². The monoisotopic (exact) mass is 350 g/mol. The summed E-state index contributed by atoms with van der Waals surface area (Å²) in [6.07, 6.45) is 2.48. The van der Waals surface area contributed by atoms with Crippen LogP contribution in [0.3, 0.4) is 0 Å². The predicted octanol–water partition coefficient (Wildman–Crippen LogP) is 3.56. The van der Waals surface area contributed by atoms with Gasteiger partial charge < -0.3 is 14.6 Å². The first kappa shape index (κ1) is 16.5. The summed E-state index contributed by atoms with van der Waals surface area (Å²) in [5, 5.41) is 2.54. The number of nitrogens with one attached hydrogen (secondary N) is 1. The number of carbonyl (C=O) groups excluding carboxylic acids is 2. The molecule has 1 N–H and O–H groups in total. The molecule has 1 aromatic carbocycles. The van der Waals surface area contributed by atoms with E-state index in [1.54, 1.807) is 23.1 Å². The van der Waals surface area contributed by atoms with Crippen molar-refractivity contribution in [3.8, 4) is 0 Å². The van der Waals surface area contributed by atoms with Gasteiger partial charge in [0.1, 0.15) is 0 Å². The molecule has 0 spiro atoms. The lowest BCUT2D eigenvalue weighted by Gasteiger charge is -2.30. The molecule has 126 valence electrons. The zero-order chi connectivity index (χ0) is 17.1. The molecule has 0 unspecified atom stereocenters. The van der Waals surface area contributed by atoms with Crippen molar-refractivity contribution in [2.24, 2.45) is 5.92 Å². The molecule has 0 radical (unpaired) electrons. The Bertz CT molecular complexity index is 740. The van der Waals surface area contributed by atoms with Gasteiger partial charge in [-0.25, -0.2) is 4.39 Å². The van der Waals surface area contributed by atoms with Crippen molar-refractivity contribution >= 4 is 29.1 Å². The van der Waals surface area contributed by atoms with Gasteiger partial charge in [-0.05, 0) is 37.1 Å². The summed E-state index contributed by atoms with van der Waals surface area (Å²) in [5.74, 6) is -1.07. The van der Waals surface area contributed by atoms with Gasteiger partial charge in [-0.3, -0.25) is 9.59 Å². The third kappa shape index (κ3) is 3.43. The van der Waals surface area contributed by atoms with E-state index >= 15 is 0 Å². The number of hydrogen-bond acceptors (Lipinski definition) is 3. The van der Waals surface area contributed by atoms with Gasteiger partial charge in [-0.1, -0.05) is 17.7 Å². The van der Waals surface area contributed by atoms with Crippen LogP contribution in [0, 0.1) is 11.7 Å². The van der Waals surface area contributed by atoms with Crippen LogP contribution in [0.25, 0.3) is 0 Å². The van der Waals surface area contributed by atoms with Gasteiger partial charge in [0.2, 0.25) is 5.91 Å². The van der Waals surface area contributed by atoms with Gasteiger partial charge in [-0.2, -0.15) is 0 Å². The van der Waals surface area contributed by atoms with Gasteiger partial charge in [0.15, 0.2) is 11.6 Å². The Kier molecular flexibility index (Phi) is 4.85. The van der Waals surface area contributed by atoms with Gasteiger partial charge in [0, 0.05) is 19.0 Å². The highest BCUT2D eigenvalue weighted by Crippen LogP contribution is 2.25. The number of halogens is 2. The Morgan fingerprint density at radius 1 is 1.21 bits per heavy atom. The Balaban J connectivity index is 1.57. The minimum absolute atomic E-state index is 0.0355. The summed E-state index contributed by atoms with van der Waals surface area (Å²) in [5.41, 5.74) is 0.0709. The molecule has 2 amide bonds. The average molecular weight is 351 g/mol. The number of hydrogen-bond donors (Lipinski definition) is 1. The van der Waals surface area contributed by atoms with E-state index in [0.29, 0.717) is 31.7 Å². The SMILES string of the molecule is O=C(Nc1cccc(Cl)c1F)C1CCN(C(=O)c2ccco2)CC1. The van der Waals surface area contributed by atoms with E-state index in [0.717, 1.165) is 0 Å². The Hall–Kier alpha value is -2.34. The van der Waals surface area contributed by atoms with Crippen molar-refractivity contribution in [2.45, 2.75) is 12.8 Å². The first-order chi connectivity index (χ1) is 11.6. The second kappa shape index (κ2) is 7.05. The number of anilines is 1. The van der Waals surface area contributed by atoms with Crippen LogP contribution in [-0.4, -0.2) is 29.8 Å². The summed E-state index contributed by atoms with van der Waals surface area (Å²) in [6.45, 7) is 0.908. The fourth-order valence-corrected chi connectivity index (χ4v) is 2.91. The second-order valence-electron chi connectivity index (χ2n) is 5.63. The van der Waals surface area contributed by atoms with E-state index in [4.69, 9.17) is 16.0 Å². The molecule has 0 bridgehead atoms. The summed E-state index contributed by atoms with van der Waals surface area (Å²) in [7, 11) is 0. The van der Waals surface area contributed by atoms with Crippen LogP contribution in [0.1, 0.15) is 23.4 Å². The molecule has 24 heavy (non-hydrogen) atoms. The lowest BCUT2D eigenvalue weighted by Crippen LogP contribution is -2.41. The van der Waals surface area contributed by atoms with E-state index in [1.807, 2.05) is 0 Å². The maximum Gasteiger partial charge on any atom is 0.289 e. The molecule has 1 aliphatic rings. The van der Waals surface area contributed by atoms with Crippen LogP contribution < -0.4 is 5.32 Å². The van der Waals surface area contributed by atoms with Crippen molar-refractivity contribution in [1.82, 2.24) is 4.90 Å². The normalized spacial score (nSPS) is 15.3. The Morgan fingerprint density at radius 3 is 2.62 bits per heavy atom. The van der Waals surface area contributed by atoms with E-state index in [-0.39, 0.29) is 28.4 Å². The highest BCUT2D eigenvalue weighted by Gasteiger charge is 2.29. The van der Waals surface area contributed by atoms with Crippen LogP contribution >= 0.6 is 11.6 Å². The smallest absolute Gasteiger partial charge is 0.289 e. The van der Waals surface area contributed by atoms with E-state index in [1.165, 1.54) is 18.4 Å². The number of rotatable bonds is 3. The van der Waals surface area contributed by atoms with Crippen molar-refractivity contribution < 1.29 is 18.4 Å². The molecule has 2 aromatic rings. The summed E-state index contributed by atoms with van der Waals surface area (Å²) < 4.78 is 18.9. The molecule has 1 aromatic heterocycles. The standard InChI is InChI=1S/C17H16ClFN2O3/c18-12-3-1-4-13(15(12)19)20-16(22)11-6-8-21(9-7-11)17(23)14-5-2-10-24-14/h1-5,10-11H,6-9H2,(H,20,22). The number of amides is 2. The highest BCUT2D eigenvalue weighted by atomic mass is 35.5. The number of likely N-dealkylation sites (tertiary alicyclic amines) is 1. The zero-order valence-electron chi connectivity index (χ0n) is 12.8. The molecule has 0 aliphatic carbocycles. The number of benzene rings is 1. The molecule has 1 fully saturated rings. The van der Waals surface area contributed by atoms with Crippen molar-refractivity contribution in [3.05, 3.63) is 53.2 Å². The lowest BCUT2D eigenvalue weighted by atomic mass is 9.95. The molecule has 0 atom stereocenters. The number of nitrogens with zero attached hydrogens (tertiary/aromatic N) is 1.